The summed E-state index contributed by atoms with van der Waals surface area (Å²) in [6.45, 7) is 2.98. The molecule has 0 amide bonds. The lowest BCUT2D eigenvalue weighted by Crippen LogP contribution is -2.41. The molecule has 4 aromatic rings. The number of rotatable bonds is 6. The van der Waals surface area contributed by atoms with Crippen LogP contribution in [0.15, 0.2) is 72.4 Å². The first-order valence-corrected chi connectivity index (χ1v) is 15.6. The van der Waals surface area contributed by atoms with E-state index in [1.54, 1.807) is 42.5 Å². The molecule has 0 aliphatic carbocycles. The number of carbonyl (C=O) groups is 1. The van der Waals surface area contributed by atoms with Crippen molar-refractivity contribution in [2.24, 2.45) is 4.99 Å². The number of methoxy groups -OCH3 is 1. The molecule has 0 spiro atoms. The molecule has 1 fully saturated rings. The molecule has 1 saturated heterocycles. The highest BCUT2D eigenvalue weighted by molar-refractivity contribution is 9.10. The van der Waals surface area contributed by atoms with Gasteiger partial charge >= 0.3 is 12.1 Å². The molecule has 2 aliphatic heterocycles. The van der Waals surface area contributed by atoms with Gasteiger partial charge in [0.25, 0.3) is 5.56 Å². The first kappa shape index (κ1) is 30.2. The summed E-state index contributed by atoms with van der Waals surface area (Å²) in [6.07, 6.45) is -0.339. The Hall–Kier alpha value is -3.84. The molecule has 0 bridgehead atoms. The number of halogens is 4. The number of aromatic nitrogens is 1. The van der Waals surface area contributed by atoms with Gasteiger partial charge in [0.2, 0.25) is 5.88 Å². The first-order valence-electron chi connectivity index (χ1n) is 14.0. The lowest BCUT2D eigenvalue weighted by Gasteiger charge is -2.28. The molecule has 13 heteroatoms. The van der Waals surface area contributed by atoms with Gasteiger partial charge in [0, 0.05) is 30.8 Å². The molecule has 8 nitrogen and oxygen atoms in total. The lowest BCUT2D eigenvalue weighted by molar-refractivity contribution is -0.140. The van der Waals surface area contributed by atoms with Gasteiger partial charge in [-0.05, 0) is 59.0 Å². The Bertz CT molecular complexity index is 1970. The minimum Gasteiger partial charge on any atom is -0.496 e. The number of piperidine rings is 1. The van der Waals surface area contributed by atoms with Gasteiger partial charge in [0.15, 0.2) is 10.5 Å². The van der Waals surface area contributed by atoms with Gasteiger partial charge in [-0.3, -0.25) is 9.36 Å². The topological polar surface area (TPSA) is 86.3 Å². The van der Waals surface area contributed by atoms with Crippen molar-refractivity contribution in [2.45, 2.75) is 38.4 Å². The van der Waals surface area contributed by atoms with E-state index in [1.807, 2.05) is 0 Å². The van der Waals surface area contributed by atoms with E-state index in [-0.39, 0.29) is 27.3 Å². The second-order valence-corrected chi connectivity index (χ2v) is 12.2. The zero-order chi connectivity index (χ0) is 31.2. The molecule has 2 aromatic heterocycles. The maximum atomic E-state index is 14.6. The summed E-state index contributed by atoms with van der Waals surface area (Å²) in [5.74, 6) is -0.0395. The third-order valence-corrected chi connectivity index (χ3v) is 9.17. The van der Waals surface area contributed by atoms with Crippen LogP contribution in [0.25, 0.3) is 16.8 Å². The predicted octanol–water partition coefficient (Wildman–Crippen LogP) is 5.85. The summed E-state index contributed by atoms with van der Waals surface area (Å²) in [4.78, 5) is 33.2. The van der Waals surface area contributed by atoms with Crippen LogP contribution < -0.4 is 24.5 Å². The molecular weight excluding hydrogens is 663 g/mol. The zero-order valence-corrected chi connectivity index (χ0v) is 26.1. The second-order valence-electron chi connectivity index (χ2n) is 10.3. The smallest absolute Gasteiger partial charge is 0.434 e. The molecular formula is C31H27BrF3N3O5S. The van der Waals surface area contributed by atoms with Crippen molar-refractivity contribution in [3.63, 3.8) is 0 Å². The highest BCUT2D eigenvalue weighted by atomic mass is 79.9. The maximum Gasteiger partial charge on any atom is 0.434 e. The van der Waals surface area contributed by atoms with Crippen molar-refractivity contribution in [3.8, 4) is 5.75 Å². The van der Waals surface area contributed by atoms with Crippen molar-refractivity contribution in [3.05, 3.63) is 89.2 Å². The molecule has 2 aromatic carbocycles. The standard InChI is InChI=1S/C31H27BrF3N3O5S/c1-3-42-29(40)24-25(23-19-10-6-5-9-17(19)11-12-21(23)41-2)38-27(39)22(44-30(38)36-26(24)31(33,34)35)16-18-15-20(32)28(43-18)37-13-7-4-8-14-37/h5-6,9-12,15-16,25H,3-4,7-8,13-14H2,1-2H3/b22-16+/t25-/m1/s1. The Labute approximate surface area is 261 Å². The summed E-state index contributed by atoms with van der Waals surface area (Å²) in [6, 6.07) is 10.5. The number of alkyl halides is 3. The van der Waals surface area contributed by atoms with Gasteiger partial charge in [0.1, 0.15) is 17.6 Å². The summed E-state index contributed by atoms with van der Waals surface area (Å²) < 4.78 is 62.7. The number of hydrogen-bond donors (Lipinski definition) is 0. The average Bonchev–Trinajstić information content (AvgIpc) is 3.53. The van der Waals surface area contributed by atoms with Crippen LogP contribution in [0.1, 0.15) is 43.6 Å². The number of hydrogen-bond acceptors (Lipinski definition) is 8. The van der Waals surface area contributed by atoms with Gasteiger partial charge < -0.3 is 18.8 Å². The highest BCUT2D eigenvalue weighted by Crippen LogP contribution is 2.43. The fourth-order valence-corrected chi connectivity index (χ4v) is 7.28. The summed E-state index contributed by atoms with van der Waals surface area (Å²) >= 11 is 4.32. The Morgan fingerprint density at radius 1 is 1.18 bits per heavy atom. The largest absolute Gasteiger partial charge is 0.496 e. The van der Waals surface area contributed by atoms with Crippen LogP contribution in [-0.2, 0) is 9.53 Å². The zero-order valence-electron chi connectivity index (χ0n) is 23.7. The number of furan rings is 1. The average molecular weight is 691 g/mol. The summed E-state index contributed by atoms with van der Waals surface area (Å²) in [7, 11) is 1.38. The summed E-state index contributed by atoms with van der Waals surface area (Å²) in [5.41, 5.74) is -2.63. The van der Waals surface area contributed by atoms with Crippen molar-refractivity contribution >= 4 is 56.0 Å². The van der Waals surface area contributed by atoms with Crippen LogP contribution in [0.5, 0.6) is 5.75 Å². The van der Waals surface area contributed by atoms with E-state index in [4.69, 9.17) is 13.9 Å². The fraction of sp³-hybridized carbons (Fsp3) is 0.323. The number of allylic oxidation sites excluding steroid dienone is 1. The number of thiazole rings is 1. The molecule has 0 unspecified atom stereocenters. The molecule has 4 heterocycles. The second kappa shape index (κ2) is 11.9. The van der Waals surface area contributed by atoms with Crippen molar-refractivity contribution in [2.75, 3.05) is 31.7 Å². The Kier molecular flexibility index (Phi) is 8.18. The van der Waals surface area contributed by atoms with E-state index < -0.39 is 35.0 Å². The van der Waals surface area contributed by atoms with Crippen LogP contribution in [0.3, 0.4) is 0 Å². The van der Waals surface area contributed by atoms with Crippen LogP contribution in [-0.4, -0.2) is 43.5 Å². The highest BCUT2D eigenvalue weighted by Gasteiger charge is 2.46. The van der Waals surface area contributed by atoms with Crippen LogP contribution in [0.2, 0.25) is 0 Å². The van der Waals surface area contributed by atoms with Gasteiger partial charge in [-0.2, -0.15) is 13.2 Å². The van der Waals surface area contributed by atoms with Gasteiger partial charge in [-0.25, -0.2) is 9.79 Å². The Morgan fingerprint density at radius 2 is 1.93 bits per heavy atom. The quantitative estimate of drug-likeness (QED) is 0.236. The number of benzene rings is 2. The number of fused-ring (bicyclic) bond motifs is 2. The Balaban J connectivity index is 1.63. The van der Waals surface area contributed by atoms with E-state index in [9.17, 15) is 22.8 Å². The normalized spacial score (nSPS) is 17.5. The van der Waals surface area contributed by atoms with Crippen LogP contribution in [0.4, 0.5) is 19.1 Å². The number of anilines is 1. The summed E-state index contributed by atoms with van der Waals surface area (Å²) in [5, 5.41) is 1.20. The van der Waals surface area contributed by atoms with E-state index >= 15 is 0 Å². The van der Waals surface area contributed by atoms with Gasteiger partial charge in [-0.15, -0.1) is 0 Å². The van der Waals surface area contributed by atoms with Crippen molar-refractivity contribution in [1.29, 1.82) is 0 Å². The number of esters is 1. The molecule has 230 valence electrons. The lowest BCUT2D eigenvalue weighted by atomic mass is 9.90. The monoisotopic (exact) mass is 689 g/mol. The van der Waals surface area contributed by atoms with E-state index in [0.29, 0.717) is 26.9 Å². The third-order valence-electron chi connectivity index (χ3n) is 7.62. The first-order chi connectivity index (χ1) is 21.1. The minimum atomic E-state index is -5.03. The number of carbonyl (C=O) groups excluding carboxylic acids is 1. The van der Waals surface area contributed by atoms with Crippen LogP contribution in [0, 0.1) is 0 Å². The fourth-order valence-electron chi connectivity index (χ4n) is 5.74. The van der Waals surface area contributed by atoms with Gasteiger partial charge in [-0.1, -0.05) is 41.7 Å². The SMILES string of the molecule is CCOC(=O)C1=C(C(F)(F)F)N=c2s/c(=C/c3cc(Br)c(N4CCCCC4)o3)c(=O)n2[C@@H]1c1c(OC)ccc2ccccc12. The maximum absolute atomic E-state index is 14.6. The molecule has 6 rings (SSSR count). The van der Waals surface area contributed by atoms with Crippen molar-refractivity contribution < 1.29 is 31.9 Å². The predicted molar refractivity (Wildman–Crippen MR) is 164 cm³/mol. The number of nitrogens with zero attached hydrogens (tertiary/aromatic N) is 3. The third kappa shape index (κ3) is 5.36. The Morgan fingerprint density at radius 3 is 2.64 bits per heavy atom. The van der Waals surface area contributed by atoms with E-state index in [0.717, 1.165) is 48.3 Å². The van der Waals surface area contributed by atoms with E-state index in [1.165, 1.54) is 20.1 Å². The molecule has 1 atom stereocenters. The van der Waals surface area contributed by atoms with E-state index in [2.05, 4.69) is 25.8 Å². The van der Waals surface area contributed by atoms with Crippen molar-refractivity contribution in [1.82, 2.24) is 4.57 Å². The molecule has 2 aliphatic rings. The molecule has 0 N–H and O–H groups in total. The molecule has 44 heavy (non-hydrogen) atoms. The van der Waals surface area contributed by atoms with Gasteiger partial charge in [0.05, 0.1) is 28.3 Å². The molecule has 0 saturated carbocycles. The molecule has 0 radical (unpaired) electrons. The van der Waals surface area contributed by atoms with Crippen LogP contribution >= 0.6 is 27.3 Å². The minimum absolute atomic E-state index is 0.0889. The number of ether oxygens (including phenoxy) is 2.